The van der Waals surface area contributed by atoms with E-state index in [1.807, 2.05) is 0 Å². The van der Waals surface area contributed by atoms with Gasteiger partial charge in [-0.15, -0.1) is 0 Å². The van der Waals surface area contributed by atoms with Gasteiger partial charge in [0.15, 0.2) is 0 Å². The fourth-order valence-corrected chi connectivity index (χ4v) is 2.08. The zero-order chi connectivity index (χ0) is 11.9. The molecule has 0 unspecified atom stereocenters. The number of sulfonamides is 1. The Hall–Kier alpha value is -0.270. The lowest BCUT2D eigenvalue weighted by Crippen LogP contribution is -2.33. The Morgan fingerprint density at radius 1 is 1.40 bits per heavy atom. The molecule has 0 aliphatic carbocycles. The highest BCUT2D eigenvalue weighted by Gasteiger charge is 2.13. The number of nitrogens with one attached hydrogen (secondary N) is 1. The average molecular weight is 244 g/mol. The van der Waals surface area contributed by atoms with E-state index in [0.29, 0.717) is 26.1 Å². The Kier molecular flexibility index (Phi) is 6.95. The van der Waals surface area contributed by atoms with Crippen molar-refractivity contribution in [2.24, 2.45) is 0 Å². The fraction of sp³-hybridized carbons (Fsp3) is 1.00. The molecule has 0 heterocycles. The molecule has 0 aliphatic heterocycles. The highest BCUT2D eigenvalue weighted by Crippen LogP contribution is 1.98. The van der Waals surface area contributed by atoms with E-state index in [-0.39, 0.29) is 6.54 Å². The number of alkyl halides is 2. The van der Waals surface area contributed by atoms with Gasteiger partial charge in [-0.25, -0.2) is 21.5 Å². The second-order valence-corrected chi connectivity index (χ2v) is 5.19. The molecule has 0 fully saturated rings. The van der Waals surface area contributed by atoms with Crippen LogP contribution in [-0.2, 0) is 10.0 Å². The highest BCUT2D eigenvalue weighted by molar-refractivity contribution is 7.88. The molecule has 0 rings (SSSR count). The van der Waals surface area contributed by atoms with E-state index in [1.54, 1.807) is 6.92 Å². The lowest BCUT2D eigenvalue weighted by molar-refractivity contribution is 0.146. The molecule has 7 heteroatoms. The van der Waals surface area contributed by atoms with E-state index in [9.17, 15) is 17.2 Å². The third-order valence-corrected chi connectivity index (χ3v) is 3.26. The molecular weight excluding hydrogens is 226 g/mol. The minimum atomic E-state index is -3.16. The first kappa shape index (κ1) is 14.7. The molecule has 15 heavy (non-hydrogen) atoms. The molecule has 4 nitrogen and oxygen atoms in total. The van der Waals surface area contributed by atoms with Crippen LogP contribution in [0.4, 0.5) is 8.78 Å². The van der Waals surface area contributed by atoms with Gasteiger partial charge in [-0.3, -0.25) is 0 Å². The van der Waals surface area contributed by atoms with Crippen LogP contribution in [0.15, 0.2) is 0 Å². The smallest absolute Gasteiger partial charge is 0.250 e. The summed E-state index contributed by atoms with van der Waals surface area (Å²) in [5.41, 5.74) is 0. The van der Waals surface area contributed by atoms with Gasteiger partial charge in [0.1, 0.15) is 0 Å². The van der Waals surface area contributed by atoms with Crippen LogP contribution in [0, 0.1) is 0 Å². The molecule has 0 aliphatic rings. The summed E-state index contributed by atoms with van der Waals surface area (Å²) in [6, 6.07) is 0. The molecule has 0 spiro atoms. The third kappa shape index (κ3) is 7.64. The minimum absolute atomic E-state index is 0.342. The minimum Gasteiger partial charge on any atom is -0.311 e. The zero-order valence-corrected chi connectivity index (χ0v) is 9.86. The molecule has 0 saturated carbocycles. The maximum absolute atomic E-state index is 11.7. The van der Waals surface area contributed by atoms with Gasteiger partial charge in [0.25, 0.3) is 6.43 Å². The predicted octanol–water partition coefficient (Wildman–Crippen LogP) is 0.513. The predicted molar refractivity (Wildman–Crippen MR) is 55.6 cm³/mol. The van der Waals surface area contributed by atoms with Gasteiger partial charge in [-0.1, -0.05) is 6.92 Å². The fourth-order valence-electron chi connectivity index (χ4n) is 1.15. The van der Waals surface area contributed by atoms with E-state index in [4.69, 9.17) is 0 Å². The first-order chi connectivity index (χ1) is 6.88. The van der Waals surface area contributed by atoms with Crippen molar-refractivity contribution in [3.63, 3.8) is 0 Å². The lowest BCUT2D eigenvalue weighted by Gasteiger charge is -2.17. The van der Waals surface area contributed by atoms with Crippen molar-refractivity contribution in [3.8, 4) is 0 Å². The summed E-state index contributed by atoms with van der Waals surface area (Å²) in [6.45, 7) is 2.58. The van der Waals surface area contributed by atoms with Crippen LogP contribution in [0.25, 0.3) is 0 Å². The van der Waals surface area contributed by atoms with Gasteiger partial charge in [0.05, 0.1) is 12.8 Å². The highest BCUT2D eigenvalue weighted by atomic mass is 32.2. The molecule has 0 aromatic heterocycles. The third-order valence-electron chi connectivity index (χ3n) is 1.88. The van der Waals surface area contributed by atoms with Gasteiger partial charge < -0.3 is 5.32 Å². The number of hydrogen-bond acceptors (Lipinski definition) is 3. The van der Waals surface area contributed by atoms with Crippen LogP contribution in [0.5, 0.6) is 0 Å². The van der Waals surface area contributed by atoms with Crippen molar-refractivity contribution in [2.45, 2.75) is 19.8 Å². The van der Waals surface area contributed by atoms with E-state index in [1.165, 1.54) is 4.31 Å². The van der Waals surface area contributed by atoms with Crippen LogP contribution < -0.4 is 5.32 Å². The quantitative estimate of drug-likeness (QED) is 0.633. The molecular formula is C8H18F2N2O2S. The SMILES string of the molecule is CCN(CCCNCC(F)F)S(C)(=O)=O. The summed E-state index contributed by atoms with van der Waals surface area (Å²) in [5, 5.41) is 2.54. The Morgan fingerprint density at radius 2 is 2.00 bits per heavy atom. The summed E-state index contributed by atoms with van der Waals surface area (Å²) in [7, 11) is -3.16. The molecule has 0 aromatic carbocycles. The Balaban J connectivity index is 3.66. The van der Waals surface area contributed by atoms with Crippen molar-refractivity contribution in [3.05, 3.63) is 0 Å². The van der Waals surface area contributed by atoms with Crippen molar-refractivity contribution >= 4 is 10.0 Å². The maximum atomic E-state index is 11.7. The van der Waals surface area contributed by atoms with Gasteiger partial charge in [0, 0.05) is 13.1 Å². The van der Waals surface area contributed by atoms with Crippen molar-refractivity contribution in [1.82, 2.24) is 9.62 Å². The van der Waals surface area contributed by atoms with Gasteiger partial charge >= 0.3 is 0 Å². The normalized spacial score (nSPS) is 12.7. The van der Waals surface area contributed by atoms with Crippen molar-refractivity contribution in [2.75, 3.05) is 32.4 Å². The molecule has 0 radical (unpaired) electrons. The van der Waals surface area contributed by atoms with Crippen LogP contribution in [0.1, 0.15) is 13.3 Å². The van der Waals surface area contributed by atoms with Crippen LogP contribution in [0.3, 0.4) is 0 Å². The molecule has 0 amide bonds. The Morgan fingerprint density at radius 3 is 2.40 bits per heavy atom. The lowest BCUT2D eigenvalue weighted by atomic mass is 10.4. The van der Waals surface area contributed by atoms with Gasteiger partial charge in [-0.2, -0.15) is 0 Å². The Bertz CT molecular complexity index is 257. The number of nitrogens with zero attached hydrogens (tertiary/aromatic N) is 1. The summed E-state index contributed by atoms with van der Waals surface area (Å²) >= 11 is 0. The second-order valence-electron chi connectivity index (χ2n) is 3.20. The average Bonchev–Trinajstić information content (AvgIpc) is 2.08. The molecule has 92 valence electrons. The van der Waals surface area contributed by atoms with E-state index in [0.717, 1.165) is 6.26 Å². The van der Waals surface area contributed by atoms with Crippen molar-refractivity contribution in [1.29, 1.82) is 0 Å². The first-order valence-electron chi connectivity index (χ1n) is 4.82. The van der Waals surface area contributed by atoms with E-state index >= 15 is 0 Å². The molecule has 0 atom stereocenters. The zero-order valence-electron chi connectivity index (χ0n) is 9.04. The summed E-state index contributed by atoms with van der Waals surface area (Å²) in [4.78, 5) is 0. The van der Waals surface area contributed by atoms with Crippen LogP contribution >= 0.6 is 0 Å². The van der Waals surface area contributed by atoms with Crippen LogP contribution in [0.2, 0.25) is 0 Å². The van der Waals surface area contributed by atoms with Gasteiger partial charge in [-0.05, 0) is 13.0 Å². The summed E-state index contributed by atoms with van der Waals surface area (Å²) in [6.07, 6.45) is -0.682. The molecule has 1 N–H and O–H groups in total. The molecule has 0 aromatic rings. The number of rotatable bonds is 8. The number of halogens is 2. The topological polar surface area (TPSA) is 49.4 Å². The molecule has 0 saturated heterocycles. The standard InChI is InChI=1S/C8H18F2N2O2S/c1-3-12(15(2,13)14)6-4-5-11-7-8(9)10/h8,11H,3-7H2,1-2H3. The monoisotopic (exact) mass is 244 g/mol. The molecule has 0 bridgehead atoms. The van der Waals surface area contributed by atoms with E-state index in [2.05, 4.69) is 5.32 Å². The second kappa shape index (κ2) is 7.08. The van der Waals surface area contributed by atoms with Crippen molar-refractivity contribution < 1.29 is 17.2 Å². The number of hydrogen-bond donors (Lipinski definition) is 1. The largest absolute Gasteiger partial charge is 0.311 e. The Labute approximate surface area is 89.7 Å². The summed E-state index contributed by atoms with van der Waals surface area (Å²) < 4.78 is 47.0. The van der Waals surface area contributed by atoms with E-state index < -0.39 is 16.4 Å². The maximum Gasteiger partial charge on any atom is 0.250 e. The first-order valence-corrected chi connectivity index (χ1v) is 6.66. The van der Waals surface area contributed by atoms with Crippen LogP contribution in [-0.4, -0.2) is 51.6 Å². The van der Waals surface area contributed by atoms with Gasteiger partial charge in [0.2, 0.25) is 10.0 Å². The summed E-state index contributed by atoms with van der Waals surface area (Å²) in [5.74, 6) is 0.